The van der Waals surface area contributed by atoms with Gasteiger partial charge in [0.1, 0.15) is 24.2 Å². The topological polar surface area (TPSA) is 265 Å². The van der Waals surface area contributed by atoms with E-state index >= 15 is 0 Å². The van der Waals surface area contributed by atoms with E-state index in [4.69, 9.17) is 15.4 Å². The van der Waals surface area contributed by atoms with E-state index in [9.17, 15) is 33.5 Å². The average Bonchev–Trinajstić information content (AvgIpc) is 3.14. The van der Waals surface area contributed by atoms with Crippen molar-refractivity contribution in [3.63, 3.8) is 0 Å². The first-order valence-corrected chi connectivity index (χ1v) is 12.2. The molecule has 2 aromatic rings. The third kappa shape index (κ3) is 8.12. The van der Waals surface area contributed by atoms with Gasteiger partial charge in [0, 0.05) is 6.42 Å². The molecule has 22 heteroatoms. The number of aliphatic hydroxyl groups is 1. The number of nitrogen functional groups attached to an aromatic ring is 1. The number of imidazole rings is 1. The van der Waals surface area contributed by atoms with Gasteiger partial charge in [0.05, 0.1) is 19.0 Å². The van der Waals surface area contributed by atoms with Crippen LogP contribution in [0, 0.1) is 0 Å². The first-order chi connectivity index (χ1) is 13.8. The van der Waals surface area contributed by atoms with Crippen LogP contribution in [0.4, 0.5) is 5.82 Å². The number of rotatable bonds is 8. The molecule has 3 heterocycles. The molecule has 0 bridgehead atoms. The zero-order chi connectivity index (χ0) is 22.3. The first kappa shape index (κ1) is 30.7. The van der Waals surface area contributed by atoms with Crippen molar-refractivity contribution in [3.05, 3.63) is 12.7 Å². The van der Waals surface area contributed by atoms with Crippen LogP contribution < -0.4 is 74.6 Å². The molecule has 3 rings (SSSR count). The average molecular weight is 535 g/mol. The molecule has 32 heavy (non-hydrogen) atoms. The van der Waals surface area contributed by atoms with Crippen molar-refractivity contribution in [1.29, 1.82) is 0 Å². The Kier molecular flexibility index (Phi) is 11.1. The number of nitrogens with two attached hydrogens (primary N) is 1. The summed E-state index contributed by atoms with van der Waals surface area (Å²) in [4.78, 5) is 51.2. The van der Waals surface area contributed by atoms with Gasteiger partial charge < -0.3 is 35.2 Å². The molecule has 4 unspecified atom stereocenters. The molecule has 0 aromatic carbocycles. The number of hydrogen-bond acceptors (Lipinski definition) is 14. The second-order valence-corrected chi connectivity index (χ2v) is 10.2. The summed E-state index contributed by atoms with van der Waals surface area (Å²) >= 11 is 0. The Morgan fingerprint density at radius 3 is 2.47 bits per heavy atom. The standard InChI is InChI=1S/C10H16N5O12P3.2Na/c11-9-8-10(13-3-12-9)15(4-14-8)7-1-5(16)6(25-7)2-24-29(20,21)27-30(22,23)26-28(17,18)19;;/h3-7,16H,1-2H2,(H,20,21)(H,22,23)(H2,11,12,13)(H2,17,18,19);;/q;2*+1/p-2/t5?,6-,7-;;/m1../s1. The number of phosphoric ester groups is 1. The number of hydrogen-bond donors (Lipinski definition) is 4. The van der Waals surface area contributed by atoms with Gasteiger partial charge in [-0.3, -0.25) is 18.2 Å². The molecule has 0 spiro atoms. The maximum Gasteiger partial charge on any atom is 1.00 e. The fourth-order valence-corrected chi connectivity index (χ4v) is 5.51. The van der Waals surface area contributed by atoms with Gasteiger partial charge in [-0.25, -0.2) is 28.1 Å². The Labute approximate surface area is 223 Å². The minimum absolute atomic E-state index is 0. The molecular weight excluding hydrogens is 521 g/mol. The van der Waals surface area contributed by atoms with E-state index in [-0.39, 0.29) is 76.9 Å². The summed E-state index contributed by atoms with van der Waals surface area (Å²) in [5.74, 6) is 0.116. The molecule has 0 amide bonds. The number of aromatic nitrogens is 4. The maximum atomic E-state index is 11.7. The molecule has 168 valence electrons. The van der Waals surface area contributed by atoms with E-state index in [1.807, 2.05) is 0 Å². The zero-order valence-corrected chi connectivity index (χ0v) is 23.2. The molecule has 1 aliphatic heterocycles. The minimum atomic E-state index is -5.95. The molecule has 2 aromatic heterocycles. The number of phosphoric acid groups is 3. The fraction of sp³-hybridized carbons (Fsp3) is 0.500. The van der Waals surface area contributed by atoms with Crippen molar-refractivity contribution in [3.8, 4) is 0 Å². The van der Waals surface area contributed by atoms with Crippen molar-refractivity contribution < 1.29 is 115 Å². The SMILES string of the molecule is Nc1ncnc2c1ncn2[C@H]1CC(O)[C@@H](COP(=O)(O)OP(=O)([O-])OP(=O)([O-])O)O1.[Na+].[Na+]. The Bertz CT molecular complexity index is 1080. The number of ether oxygens (including phenoxy) is 1. The Morgan fingerprint density at radius 2 is 1.84 bits per heavy atom. The van der Waals surface area contributed by atoms with E-state index in [0.29, 0.717) is 5.65 Å². The largest absolute Gasteiger partial charge is 1.00 e. The van der Waals surface area contributed by atoms with E-state index in [2.05, 4.69) is 28.1 Å². The maximum absolute atomic E-state index is 11.7. The van der Waals surface area contributed by atoms with E-state index in [0.717, 1.165) is 0 Å². The fourth-order valence-electron chi connectivity index (χ4n) is 2.58. The molecule has 0 saturated carbocycles. The van der Waals surface area contributed by atoms with Crippen LogP contribution in [0.5, 0.6) is 0 Å². The summed E-state index contributed by atoms with van der Waals surface area (Å²) < 4.78 is 51.5. The molecule has 5 N–H and O–H groups in total. The molecule has 6 atom stereocenters. The normalized spacial score (nSPS) is 26.3. The number of fused-ring (bicyclic) bond motifs is 1. The Morgan fingerprint density at radius 1 is 1.19 bits per heavy atom. The summed E-state index contributed by atoms with van der Waals surface area (Å²) in [5.41, 5.74) is 6.27. The predicted octanol–water partition coefficient (Wildman–Crippen LogP) is -7.86. The van der Waals surface area contributed by atoms with Crippen LogP contribution in [0.2, 0.25) is 0 Å². The van der Waals surface area contributed by atoms with E-state index in [1.54, 1.807) is 0 Å². The number of nitrogens with zero attached hydrogens (tertiary/aromatic N) is 4. The minimum Gasteiger partial charge on any atom is -0.756 e. The van der Waals surface area contributed by atoms with Gasteiger partial charge in [-0.05, 0) is 0 Å². The third-order valence-electron chi connectivity index (χ3n) is 3.71. The molecule has 17 nitrogen and oxygen atoms in total. The second-order valence-electron chi connectivity index (χ2n) is 5.86. The quantitative estimate of drug-likeness (QED) is 0.181. The predicted molar refractivity (Wildman–Crippen MR) is 89.6 cm³/mol. The second kappa shape index (κ2) is 11.6. The van der Waals surface area contributed by atoms with Crippen LogP contribution >= 0.6 is 23.5 Å². The van der Waals surface area contributed by atoms with Crippen LogP contribution in [0.15, 0.2) is 12.7 Å². The number of anilines is 1. The smallest absolute Gasteiger partial charge is 0.756 e. The van der Waals surface area contributed by atoms with Crippen molar-refractivity contribution in [2.75, 3.05) is 12.3 Å². The van der Waals surface area contributed by atoms with Gasteiger partial charge in [-0.2, -0.15) is 0 Å². The van der Waals surface area contributed by atoms with Crippen LogP contribution in [0.25, 0.3) is 11.2 Å². The van der Waals surface area contributed by atoms with Gasteiger partial charge in [-0.15, -0.1) is 0 Å². The van der Waals surface area contributed by atoms with Crippen molar-refractivity contribution in [1.82, 2.24) is 19.5 Å². The van der Waals surface area contributed by atoms with Gasteiger partial charge in [-0.1, -0.05) is 0 Å². The summed E-state index contributed by atoms with van der Waals surface area (Å²) in [5, 5.41) is 10.1. The molecule has 0 aliphatic carbocycles. The number of aliphatic hydroxyl groups excluding tert-OH is 1. The molecular formula is C10H14N5Na2O12P3. The van der Waals surface area contributed by atoms with Crippen LogP contribution in [0.3, 0.4) is 0 Å². The van der Waals surface area contributed by atoms with Gasteiger partial charge in [0.2, 0.25) is 0 Å². The van der Waals surface area contributed by atoms with Crippen molar-refractivity contribution in [2.45, 2.75) is 24.9 Å². The van der Waals surface area contributed by atoms with Crippen LogP contribution in [0.1, 0.15) is 12.6 Å². The van der Waals surface area contributed by atoms with Crippen LogP contribution in [-0.2, 0) is 31.6 Å². The van der Waals surface area contributed by atoms with Crippen LogP contribution in [-0.4, -0.2) is 53.2 Å². The van der Waals surface area contributed by atoms with Crippen molar-refractivity contribution >= 4 is 40.4 Å². The van der Waals surface area contributed by atoms with E-state index < -0.39 is 48.5 Å². The molecule has 1 aliphatic rings. The summed E-state index contributed by atoms with van der Waals surface area (Å²) in [7, 11) is -17.2. The summed E-state index contributed by atoms with van der Waals surface area (Å²) in [6.45, 7) is -0.830. The Balaban J connectivity index is 0.00000256. The van der Waals surface area contributed by atoms with Gasteiger partial charge in [0.25, 0.3) is 15.6 Å². The third-order valence-corrected chi connectivity index (χ3v) is 7.44. The monoisotopic (exact) mass is 535 g/mol. The first-order valence-electron chi connectivity index (χ1n) is 7.78. The molecule has 0 radical (unpaired) electrons. The molecule has 1 fully saturated rings. The van der Waals surface area contributed by atoms with Gasteiger partial charge >= 0.3 is 66.9 Å². The zero-order valence-electron chi connectivity index (χ0n) is 16.5. The van der Waals surface area contributed by atoms with E-state index in [1.165, 1.54) is 17.2 Å². The van der Waals surface area contributed by atoms with Gasteiger partial charge in [0.15, 0.2) is 11.5 Å². The summed E-state index contributed by atoms with van der Waals surface area (Å²) in [6, 6.07) is 0. The molecule has 1 saturated heterocycles. The Hall–Kier alpha value is 0.680. The summed E-state index contributed by atoms with van der Waals surface area (Å²) in [6.07, 6.45) is -0.767. The van der Waals surface area contributed by atoms with Crippen molar-refractivity contribution in [2.24, 2.45) is 0 Å².